The standard InChI is InChI=1S/C34H33N3O3/c1-24-32(33(36-40-24)27-13-6-3-7-14-27)30-17-10-16-29(35-30)26-19-21-37(22-20-26)34(38)28-15-8-9-18-31(28)39-23-25-11-4-2-5-12-25/h2-9,11-15,17-18,26H,10,16,19-23H2,1H3. The van der Waals surface area contributed by atoms with Gasteiger partial charge in [0.2, 0.25) is 0 Å². The monoisotopic (exact) mass is 531 g/mol. The van der Waals surface area contributed by atoms with Crippen LogP contribution in [0.5, 0.6) is 5.75 Å². The van der Waals surface area contributed by atoms with Crippen molar-refractivity contribution in [2.24, 2.45) is 10.9 Å². The second-order valence-electron chi connectivity index (χ2n) is 10.4. The zero-order chi connectivity index (χ0) is 27.3. The molecule has 2 aliphatic heterocycles. The highest BCUT2D eigenvalue weighted by atomic mass is 16.5. The molecule has 0 atom stereocenters. The van der Waals surface area contributed by atoms with Crippen molar-refractivity contribution in [3.8, 4) is 17.0 Å². The fraction of sp³-hybridized carbons (Fsp3) is 0.265. The fourth-order valence-electron chi connectivity index (χ4n) is 5.62. The lowest BCUT2D eigenvalue weighted by atomic mass is 9.87. The third-order valence-electron chi connectivity index (χ3n) is 7.78. The first-order chi connectivity index (χ1) is 19.7. The highest BCUT2D eigenvalue weighted by Crippen LogP contribution is 2.35. The van der Waals surface area contributed by atoms with E-state index in [9.17, 15) is 4.79 Å². The number of ether oxygens (including phenoxy) is 1. The number of hydrogen-bond donors (Lipinski definition) is 0. The van der Waals surface area contributed by atoms with Gasteiger partial charge in [0.25, 0.3) is 5.91 Å². The SMILES string of the molecule is Cc1onc(-c2ccccc2)c1C1=CCCC(C2CCN(C(=O)c3ccccc3OCc3ccccc3)CC2)=N1. The predicted octanol–water partition coefficient (Wildman–Crippen LogP) is 7.36. The maximum atomic E-state index is 13.5. The summed E-state index contributed by atoms with van der Waals surface area (Å²) in [5.41, 5.74) is 6.69. The van der Waals surface area contributed by atoms with Crippen LogP contribution in [-0.4, -0.2) is 34.8 Å². The lowest BCUT2D eigenvalue weighted by Crippen LogP contribution is -2.40. The minimum Gasteiger partial charge on any atom is -0.488 e. The summed E-state index contributed by atoms with van der Waals surface area (Å²) in [6, 6.07) is 27.7. The number of likely N-dealkylation sites (tertiary alicyclic amines) is 1. The zero-order valence-electron chi connectivity index (χ0n) is 22.8. The molecule has 0 saturated carbocycles. The number of piperidine rings is 1. The lowest BCUT2D eigenvalue weighted by molar-refractivity contribution is 0.0704. The molecule has 3 heterocycles. The normalized spacial score (nSPS) is 15.9. The number of hydrogen-bond acceptors (Lipinski definition) is 5. The molecule has 1 aromatic heterocycles. The maximum Gasteiger partial charge on any atom is 0.257 e. The number of para-hydroxylation sites is 1. The van der Waals surface area contributed by atoms with Gasteiger partial charge < -0.3 is 14.2 Å². The van der Waals surface area contributed by atoms with Crippen molar-refractivity contribution in [2.45, 2.75) is 39.2 Å². The first-order valence-corrected chi connectivity index (χ1v) is 14.0. The molecule has 6 rings (SSSR count). The molecule has 40 heavy (non-hydrogen) atoms. The average molecular weight is 532 g/mol. The smallest absolute Gasteiger partial charge is 0.257 e. The Morgan fingerprint density at radius 3 is 2.42 bits per heavy atom. The largest absolute Gasteiger partial charge is 0.488 e. The quantitative estimate of drug-likeness (QED) is 0.250. The van der Waals surface area contributed by atoms with E-state index >= 15 is 0 Å². The van der Waals surface area contributed by atoms with E-state index in [1.807, 2.05) is 96.8 Å². The van der Waals surface area contributed by atoms with Gasteiger partial charge in [-0.15, -0.1) is 0 Å². The van der Waals surface area contributed by atoms with Gasteiger partial charge in [-0.3, -0.25) is 9.79 Å². The van der Waals surface area contributed by atoms with Crippen molar-refractivity contribution in [1.82, 2.24) is 10.1 Å². The number of aliphatic imine (C=N–C) groups is 1. The lowest BCUT2D eigenvalue weighted by Gasteiger charge is -2.33. The Bertz CT molecular complexity index is 1530. The van der Waals surface area contributed by atoms with Crippen molar-refractivity contribution >= 4 is 17.3 Å². The molecule has 0 spiro atoms. The minimum absolute atomic E-state index is 0.0286. The third kappa shape index (κ3) is 5.48. The molecule has 1 saturated heterocycles. The number of aromatic nitrogens is 1. The Morgan fingerprint density at radius 1 is 0.950 bits per heavy atom. The van der Waals surface area contributed by atoms with E-state index < -0.39 is 0 Å². The van der Waals surface area contributed by atoms with Gasteiger partial charge in [-0.1, -0.05) is 84.0 Å². The van der Waals surface area contributed by atoms with Crippen molar-refractivity contribution in [1.29, 1.82) is 0 Å². The number of nitrogens with zero attached hydrogens (tertiary/aromatic N) is 3. The van der Waals surface area contributed by atoms with Crippen LogP contribution in [0.2, 0.25) is 0 Å². The number of aryl methyl sites for hydroxylation is 1. The van der Waals surface area contributed by atoms with Crippen molar-refractivity contribution in [3.05, 3.63) is 113 Å². The molecule has 6 heteroatoms. The Morgan fingerprint density at radius 2 is 1.65 bits per heavy atom. The van der Waals surface area contributed by atoms with E-state index in [4.69, 9.17) is 14.3 Å². The molecule has 1 fully saturated rings. The van der Waals surface area contributed by atoms with E-state index in [2.05, 4.69) is 11.2 Å². The molecule has 0 aliphatic carbocycles. The molecular weight excluding hydrogens is 498 g/mol. The molecule has 0 unspecified atom stereocenters. The fourth-order valence-corrected chi connectivity index (χ4v) is 5.62. The van der Waals surface area contributed by atoms with Crippen LogP contribution in [0.3, 0.4) is 0 Å². The molecule has 2 aliphatic rings. The summed E-state index contributed by atoms with van der Waals surface area (Å²) in [7, 11) is 0. The van der Waals surface area contributed by atoms with Crippen molar-refractivity contribution < 1.29 is 14.1 Å². The molecule has 0 N–H and O–H groups in total. The summed E-state index contributed by atoms with van der Waals surface area (Å²) in [6.45, 7) is 3.79. The summed E-state index contributed by atoms with van der Waals surface area (Å²) >= 11 is 0. The summed E-state index contributed by atoms with van der Waals surface area (Å²) in [4.78, 5) is 20.6. The van der Waals surface area contributed by atoms with Crippen LogP contribution in [0.15, 0.2) is 101 Å². The number of carbonyl (C=O) groups excluding carboxylic acids is 1. The van der Waals surface area contributed by atoms with Gasteiger partial charge in [-0.2, -0.15) is 0 Å². The van der Waals surface area contributed by atoms with Gasteiger partial charge in [0.15, 0.2) is 0 Å². The van der Waals surface area contributed by atoms with Crippen LogP contribution >= 0.6 is 0 Å². The van der Waals surface area contributed by atoms with Crippen LogP contribution in [0, 0.1) is 12.8 Å². The van der Waals surface area contributed by atoms with Crippen LogP contribution in [0.25, 0.3) is 17.0 Å². The minimum atomic E-state index is 0.0286. The van der Waals surface area contributed by atoms with Gasteiger partial charge >= 0.3 is 0 Å². The number of rotatable bonds is 7. The van der Waals surface area contributed by atoms with Crippen LogP contribution in [0.4, 0.5) is 0 Å². The van der Waals surface area contributed by atoms with Gasteiger partial charge in [-0.05, 0) is 50.3 Å². The Kier molecular flexibility index (Phi) is 7.58. The van der Waals surface area contributed by atoms with Crippen LogP contribution in [-0.2, 0) is 6.61 Å². The predicted molar refractivity (Wildman–Crippen MR) is 157 cm³/mol. The highest BCUT2D eigenvalue weighted by molar-refractivity contribution is 5.98. The average Bonchev–Trinajstić information content (AvgIpc) is 3.42. The summed E-state index contributed by atoms with van der Waals surface area (Å²) < 4.78 is 11.7. The zero-order valence-corrected chi connectivity index (χ0v) is 22.8. The van der Waals surface area contributed by atoms with E-state index in [1.54, 1.807) is 0 Å². The number of carbonyl (C=O) groups is 1. The van der Waals surface area contributed by atoms with E-state index in [0.717, 1.165) is 59.5 Å². The second-order valence-corrected chi connectivity index (χ2v) is 10.4. The van der Waals surface area contributed by atoms with Gasteiger partial charge in [0.05, 0.1) is 16.8 Å². The molecule has 0 radical (unpaired) electrons. The molecule has 0 bridgehead atoms. The van der Waals surface area contributed by atoms with Gasteiger partial charge in [0, 0.05) is 30.3 Å². The van der Waals surface area contributed by atoms with Crippen LogP contribution in [0.1, 0.15) is 52.9 Å². The second kappa shape index (κ2) is 11.7. The number of allylic oxidation sites excluding steroid dienone is 1. The van der Waals surface area contributed by atoms with Gasteiger partial charge in [-0.25, -0.2) is 0 Å². The molecule has 4 aromatic rings. The molecular formula is C34H33N3O3. The Hall–Kier alpha value is -4.45. The van der Waals surface area contributed by atoms with Gasteiger partial charge in [0.1, 0.15) is 23.8 Å². The number of amides is 1. The van der Waals surface area contributed by atoms with Crippen LogP contribution < -0.4 is 4.74 Å². The van der Waals surface area contributed by atoms with E-state index in [0.29, 0.717) is 36.9 Å². The highest BCUT2D eigenvalue weighted by Gasteiger charge is 2.29. The van der Waals surface area contributed by atoms with E-state index in [-0.39, 0.29) is 5.91 Å². The molecule has 202 valence electrons. The first-order valence-electron chi connectivity index (χ1n) is 14.0. The number of benzene rings is 3. The maximum absolute atomic E-state index is 13.5. The van der Waals surface area contributed by atoms with Crippen molar-refractivity contribution in [3.63, 3.8) is 0 Å². The first kappa shape index (κ1) is 25.8. The topological polar surface area (TPSA) is 67.9 Å². The van der Waals surface area contributed by atoms with Crippen molar-refractivity contribution in [2.75, 3.05) is 13.1 Å². The molecule has 1 amide bonds. The summed E-state index contributed by atoms with van der Waals surface area (Å²) in [5, 5.41) is 4.35. The summed E-state index contributed by atoms with van der Waals surface area (Å²) in [6.07, 6.45) is 5.89. The Balaban J connectivity index is 1.13. The molecule has 6 nitrogen and oxygen atoms in total. The molecule has 3 aromatic carbocycles. The van der Waals surface area contributed by atoms with E-state index in [1.165, 1.54) is 5.71 Å². The third-order valence-corrected chi connectivity index (χ3v) is 7.78. The Labute approximate surface area is 235 Å². The summed E-state index contributed by atoms with van der Waals surface area (Å²) in [5.74, 6) is 1.80.